The quantitative estimate of drug-likeness (QED) is 0.683. The average molecular weight is 206 g/mol. The summed E-state index contributed by atoms with van der Waals surface area (Å²) in [6, 6.07) is 3.31. The lowest BCUT2D eigenvalue weighted by Gasteiger charge is -2.01. The smallest absolute Gasteiger partial charge is 0.193 e. The van der Waals surface area contributed by atoms with Crippen molar-refractivity contribution in [1.82, 2.24) is 4.98 Å². The molecule has 3 nitrogen and oxygen atoms in total. The minimum absolute atomic E-state index is 0.0694. The van der Waals surface area contributed by atoms with Gasteiger partial charge >= 0.3 is 0 Å². The molecule has 1 heterocycles. The van der Waals surface area contributed by atoms with E-state index in [4.69, 9.17) is 11.6 Å². The van der Waals surface area contributed by atoms with Crippen molar-refractivity contribution in [1.29, 1.82) is 0 Å². The number of aromatic nitrogens is 1. The maximum Gasteiger partial charge on any atom is 0.193 e. The summed E-state index contributed by atoms with van der Waals surface area (Å²) in [5, 5.41) is 0.0694. The fourth-order valence-corrected chi connectivity index (χ4v) is 2.02. The zero-order valence-corrected chi connectivity index (χ0v) is 8.06. The highest BCUT2D eigenvalue weighted by Gasteiger charge is 2.12. The molecule has 0 aliphatic heterocycles. The predicted molar refractivity (Wildman–Crippen MR) is 46.9 cm³/mol. The lowest BCUT2D eigenvalue weighted by molar-refractivity contribution is 0.597. The summed E-state index contributed by atoms with van der Waals surface area (Å²) in [6.45, 7) is 0. The van der Waals surface area contributed by atoms with Gasteiger partial charge in [-0.2, -0.15) is 0 Å². The molecule has 0 amide bonds. The van der Waals surface area contributed by atoms with Crippen molar-refractivity contribution in [2.45, 2.75) is 10.9 Å². The first-order valence-electron chi connectivity index (χ1n) is 3.25. The molecule has 1 rings (SSSR count). The van der Waals surface area contributed by atoms with Gasteiger partial charge in [-0.3, -0.25) is 0 Å². The van der Waals surface area contributed by atoms with E-state index in [1.807, 2.05) is 0 Å². The highest BCUT2D eigenvalue weighted by Crippen LogP contribution is 2.13. The van der Waals surface area contributed by atoms with E-state index in [0.29, 0.717) is 5.56 Å². The highest BCUT2D eigenvalue weighted by molar-refractivity contribution is 7.90. The van der Waals surface area contributed by atoms with Crippen LogP contribution in [0.15, 0.2) is 23.4 Å². The Labute approximate surface area is 76.3 Å². The number of sulfone groups is 1. The zero-order valence-electron chi connectivity index (χ0n) is 6.49. The second kappa shape index (κ2) is 3.41. The Kier molecular flexibility index (Phi) is 2.69. The van der Waals surface area contributed by atoms with Crippen LogP contribution in [0.5, 0.6) is 0 Å². The molecule has 0 atom stereocenters. The Bertz CT molecular complexity index is 375. The molecule has 0 aliphatic rings. The Balaban J connectivity index is 3.33. The number of hydrogen-bond acceptors (Lipinski definition) is 3. The number of halogens is 1. The van der Waals surface area contributed by atoms with Crippen LogP contribution in [0.25, 0.3) is 0 Å². The van der Waals surface area contributed by atoms with Crippen LogP contribution in [0.4, 0.5) is 0 Å². The van der Waals surface area contributed by atoms with Crippen molar-refractivity contribution in [3.63, 3.8) is 0 Å². The van der Waals surface area contributed by atoms with Gasteiger partial charge in [0.25, 0.3) is 0 Å². The monoisotopic (exact) mass is 205 g/mol. The van der Waals surface area contributed by atoms with Crippen molar-refractivity contribution in [2.75, 3.05) is 6.26 Å². The Morgan fingerprint density at radius 3 is 2.67 bits per heavy atom. The lowest BCUT2D eigenvalue weighted by atomic mass is 10.3. The fourth-order valence-electron chi connectivity index (χ4n) is 0.860. The fraction of sp³-hybridized carbons (Fsp3) is 0.286. The Morgan fingerprint density at radius 1 is 1.58 bits per heavy atom. The summed E-state index contributed by atoms with van der Waals surface area (Å²) in [6.07, 6.45) is 2.55. The van der Waals surface area contributed by atoms with Crippen molar-refractivity contribution in [2.24, 2.45) is 0 Å². The lowest BCUT2D eigenvalue weighted by Crippen LogP contribution is -2.03. The molecule has 0 spiro atoms. The first kappa shape index (κ1) is 9.48. The molecule has 66 valence electrons. The number of nitrogens with zero attached hydrogens (tertiary/aromatic N) is 1. The normalized spacial score (nSPS) is 11.5. The first-order valence-corrected chi connectivity index (χ1v) is 5.68. The third-order valence-electron chi connectivity index (χ3n) is 1.35. The molecule has 0 N–H and O–H groups in total. The molecule has 0 unspecified atom stereocenters. The van der Waals surface area contributed by atoms with E-state index in [0.717, 1.165) is 6.26 Å². The van der Waals surface area contributed by atoms with Gasteiger partial charge in [0.2, 0.25) is 0 Å². The largest absolute Gasteiger partial charge is 0.244 e. The average Bonchev–Trinajstić information content (AvgIpc) is 2.03. The molecule has 1 aromatic rings. The van der Waals surface area contributed by atoms with Gasteiger partial charge in [-0.15, -0.1) is 11.6 Å². The summed E-state index contributed by atoms with van der Waals surface area (Å²) in [5.41, 5.74) is 0.543. The van der Waals surface area contributed by atoms with Gasteiger partial charge in [-0.25, -0.2) is 13.4 Å². The Hall–Kier alpha value is -0.610. The van der Waals surface area contributed by atoms with Gasteiger partial charge < -0.3 is 0 Å². The molecule has 0 saturated carbocycles. The minimum Gasteiger partial charge on any atom is -0.244 e. The molecule has 0 aromatic carbocycles. The van der Waals surface area contributed by atoms with Crippen molar-refractivity contribution in [3.05, 3.63) is 23.9 Å². The zero-order chi connectivity index (χ0) is 9.19. The summed E-state index contributed by atoms with van der Waals surface area (Å²) in [4.78, 5) is 3.75. The number of hydrogen-bond donors (Lipinski definition) is 0. The second-order valence-corrected chi connectivity index (χ2v) is 4.57. The van der Waals surface area contributed by atoms with Crippen LogP contribution < -0.4 is 0 Å². The van der Waals surface area contributed by atoms with E-state index in [1.54, 1.807) is 12.1 Å². The van der Waals surface area contributed by atoms with Crippen molar-refractivity contribution >= 4 is 21.4 Å². The topological polar surface area (TPSA) is 47.0 Å². The van der Waals surface area contributed by atoms with E-state index in [9.17, 15) is 8.42 Å². The number of pyridine rings is 1. The van der Waals surface area contributed by atoms with Crippen LogP contribution in [0.2, 0.25) is 0 Å². The standard InChI is InChI=1S/C7H8ClNO2S/c1-12(10,11)7-6(5-8)3-2-4-9-7/h2-4H,5H2,1H3. The summed E-state index contributed by atoms with van der Waals surface area (Å²) >= 11 is 5.53. The van der Waals surface area contributed by atoms with Gasteiger partial charge in [0.15, 0.2) is 14.9 Å². The second-order valence-electron chi connectivity index (χ2n) is 2.37. The van der Waals surface area contributed by atoms with Crippen LogP contribution in [-0.4, -0.2) is 19.7 Å². The van der Waals surface area contributed by atoms with E-state index in [2.05, 4.69) is 4.98 Å². The molecular weight excluding hydrogens is 198 g/mol. The summed E-state index contributed by atoms with van der Waals surface area (Å²) in [5.74, 6) is 0.163. The molecular formula is C7H8ClNO2S. The molecule has 0 saturated heterocycles. The molecule has 0 bridgehead atoms. The SMILES string of the molecule is CS(=O)(=O)c1ncccc1CCl. The highest BCUT2D eigenvalue weighted by atomic mass is 35.5. The third-order valence-corrected chi connectivity index (χ3v) is 2.70. The van der Waals surface area contributed by atoms with Crippen LogP contribution in [-0.2, 0) is 15.7 Å². The number of alkyl halides is 1. The first-order chi connectivity index (χ1) is 5.55. The maximum atomic E-state index is 11.1. The van der Waals surface area contributed by atoms with Gasteiger partial charge in [0.05, 0.1) is 5.88 Å². The van der Waals surface area contributed by atoms with Gasteiger partial charge in [-0.1, -0.05) is 6.07 Å². The van der Waals surface area contributed by atoms with Gasteiger partial charge in [0, 0.05) is 18.0 Å². The molecule has 0 fully saturated rings. The van der Waals surface area contributed by atoms with Crippen molar-refractivity contribution < 1.29 is 8.42 Å². The minimum atomic E-state index is -3.24. The summed E-state index contributed by atoms with van der Waals surface area (Å²) < 4.78 is 22.2. The van der Waals surface area contributed by atoms with E-state index in [1.165, 1.54) is 6.20 Å². The van der Waals surface area contributed by atoms with Crippen LogP contribution in [0.3, 0.4) is 0 Å². The van der Waals surface area contributed by atoms with E-state index >= 15 is 0 Å². The van der Waals surface area contributed by atoms with E-state index in [-0.39, 0.29) is 10.9 Å². The van der Waals surface area contributed by atoms with Crippen LogP contribution in [0.1, 0.15) is 5.56 Å². The predicted octanol–water partition coefficient (Wildman–Crippen LogP) is 1.22. The van der Waals surface area contributed by atoms with Gasteiger partial charge in [0.1, 0.15) is 0 Å². The van der Waals surface area contributed by atoms with Gasteiger partial charge in [-0.05, 0) is 6.07 Å². The molecule has 0 aliphatic carbocycles. The van der Waals surface area contributed by atoms with E-state index < -0.39 is 9.84 Å². The molecule has 12 heavy (non-hydrogen) atoms. The molecule has 0 radical (unpaired) electrons. The maximum absolute atomic E-state index is 11.1. The molecule has 1 aromatic heterocycles. The number of rotatable bonds is 2. The summed E-state index contributed by atoms with van der Waals surface area (Å²) in [7, 11) is -3.24. The van der Waals surface area contributed by atoms with Crippen LogP contribution in [0, 0.1) is 0 Å². The third kappa shape index (κ3) is 1.95. The molecule has 5 heteroatoms. The van der Waals surface area contributed by atoms with Crippen LogP contribution >= 0.6 is 11.6 Å². The Morgan fingerprint density at radius 2 is 2.25 bits per heavy atom. The van der Waals surface area contributed by atoms with Crippen molar-refractivity contribution in [3.8, 4) is 0 Å².